The molecular weight excluding hydrogens is 462 g/mol. The van der Waals surface area contributed by atoms with E-state index in [-0.39, 0.29) is 4.90 Å². The van der Waals surface area contributed by atoms with Crippen molar-refractivity contribution in [1.29, 1.82) is 0 Å². The number of hydrogen-bond acceptors (Lipinski definition) is 6. The van der Waals surface area contributed by atoms with Crippen molar-refractivity contribution in [3.63, 3.8) is 0 Å². The second-order valence-electron chi connectivity index (χ2n) is 8.37. The summed E-state index contributed by atoms with van der Waals surface area (Å²) < 4.78 is 34.4. The molecule has 5 rings (SSSR count). The van der Waals surface area contributed by atoms with E-state index in [0.717, 1.165) is 22.5 Å². The standard InChI is InChI=1S/C26H27N5O3S/c1-29(25-13-12-24(18-27-25)35(32,33)30-14-16-34-17-15-30)19-22-20-31(23-10-6-3-7-11-23)28-26(22)21-8-4-2-5-9-21/h2-13,18,20H,14-17,19H2,1H3. The van der Waals surface area contributed by atoms with Crippen molar-refractivity contribution < 1.29 is 13.2 Å². The van der Waals surface area contributed by atoms with E-state index in [4.69, 9.17) is 9.84 Å². The molecule has 0 saturated carbocycles. The highest BCUT2D eigenvalue weighted by Crippen LogP contribution is 2.26. The van der Waals surface area contributed by atoms with E-state index < -0.39 is 10.0 Å². The number of morpholine rings is 1. The molecule has 0 aliphatic carbocycles. The number of nitrogens with zero attached hydrogens (tertiary/aromatic N) is 5. The van der Waals surface area contributed by atoms with Crippen molar-refractivity contribution >= 4 is 15.8 Å². The number of pyridine rings is 1. The Morgan fingerprint density at radius 1 is 0.943 bits per heavy atom. The lowest BCUT2D eigenvalue weighted by atomic mass is 10.1. The SMILES string of the molecule is CN(Cc1cn(-c2ccccc2)nc1-c1ccccc1)c1ccc(S(=O)(=O)N2CCOCC2)cn1. The molecule has 1 fully saturated rings. The van der Waals surface area contributed by atoms with Gasteiger partial charge in [-0.2, -0.15) is 9.40 Å². The zero-order valence-electron chi connectivity index (χ0n) is 19.5. The Morgan fingerprint density at radius 3 is 2.29 bits per heavy atom. The van der Waals surface area contributed by atoms with Crippen LogP contribution in [0, 0.1) is 0 Å². The maximum absolute atomic E-state index is 12.9. The third-order valence-electron chi connectivity index (χ3n) is 5.99. The number of para-hydroxylation sites is 1. The van der Waals surface area contributed by atoms with Gasteiger partial charge < -0.3 is 9.64 Å². The molecule has 0 bridgehead atoms. The number of benzene rings is 2. The Labute approximate surface area is 205 Å². The van der Waals surface area contributed by atoms with Crippen molar-refractivity contribution in [2.45, 2.75) is 11.4 Å². The molecule has 9 heteroatoms. The van der Waals surface area contributed by atoms with Crippen LogP contribution in [0.2, 0.25) is 0 Å². The van der Waals surface area contributed by atoms with E-state index in [1.54, 1.807) is 12.1 Å². The highest BCUT2D eigenvalue weighted by atomic mass is 32.2. The van der Waals surface area contributed by atoms with Gasteiger partial charge >= 0.3 is 0 Å². The molecule has 35 heavy (non-hydrogen) atoms. The van der Waals surface area contributed by atoms with Gasteiger partial charge in [-0.05, 0) is 24.3 Å². The number of sulfonamides is 1. The van der Waals surface area contributed by atoms with Crippen LogP contribution < -0.4 is 4.90 Å². The van der Waals surface area contributed by atoms with Gasteiger partial charge in [-0.1, -0.05) is 48.5 Å². The summed E-state index contributed by atoms with van der Waals surface area (Å²) in [7, 11) is -1.64. The predicted octanol–water partition coefficient (Wildman–Crippen LogP) is 3.59. The molecule has 0 atom stereocenters. The second-order valence-corrected chi connectivity index (χ2v) is 10.3. The molecule has 2 aromatic carbocycles. The van der Waals surface area contributed by atoms with E-state index in [2.05, 4.69) is 4.98 Å². The molecule has 0 spiro atoms. The second kappa shape index (κ2) is 9.99. The molecule has 8 nitrogen and oxygen atoms in total. The first-order valence-electron chi connectivity index (χ1n) is 11.5. The fourth-order valence-electron chi connectivity index (χ4n) is 4.10. The minimum absolute atomic E-state index is 0.193. The summed E-state index contributed by atoms with van der Waals surface area (Å²) >= 11 is 0. The Balaban J connectivity index is 1.40. The third kappa shape index (κ3) is 4.97. The zero-order chi connectivity index (χ0) is 24.3. The fourth-order valence-corrected chi connectivity index (χ4v) is 5.45. The highest BCUT2D eigenvalue weighted by Gasteiger charge is 2.26. The number of hydrogen-bond donors (Lipinski definition) is 0. The molecule has 0 radical (unpaired) electrons. The summed E-state index contributed by atoms with van der Waals surface area (Å²) in [5.74, 6) is 0.678. The van der Waals surface area contributed by atoms with Crippen LogP contribution in [0.4, 0.5) is 5.82 Å². The van der Waals surface area contributed by atoms with E-state index >= 15 is 0 Å². The van der Waals surface area contributed by atoms with Gasteiger partial charge in [-0.25, -0.2) is 18.1 Å². The molecular formula is C26H27N5O3S. The van der Waals surface area contributed by atoms with Gasteiger partial charge in [-0.15, -0.1) is 0 Å². The van der Waals surface area contributed by atoms with Crippen LogP contribution in [0.5, 0.6) is 0 Å². The van der Waals surface area contributed by atoms with E-state index in [1.165, 1.54) is 10.5 Å². The first-order valence-corrected chi connectivity index (χ1v) is 12.9. The maximum atomic E-state index is 12.9. The normalized spacial score (nSPS) is 14.7. The van der Waals surface area contributed by atoms with Gasteiger partial charge in [0.2, 0.25) is 10.0 Å². The highest BCUT2D eigenvalue weighted by molar-refractivity contribution is 7.89. The summed E-state index contributed by atoms with van der Waals surface area (Å²) in [6.45, 7) is 2.09. The van der Waals surface area contributed by atoms with E-state index in [9.17, 15) is 8.42 Å². The van der Waals surface area contributed by atoms with E-state index in [1.807, 2.05) is 83.5 Å². The third-order valence-corrected chi connectivity index (χ3v) is 7.87. The summed E-state index contributed by atoms with van der Waals surface area (Å²) in [6.07, 6.45) is 3.47. The Hall–Kier alpha value is -3.53. The first kappa shape index (κ1) is 23.2. The van der Waals surface area contributed by atoms with Gasteiger partial charge in [0.05, 0.1) is 24.6 Å². The quantitative estimate of drug-likeness (QED) is 0.395. The van der Waals surface area contributed by atoms with Crippen molar-refractivity contribution in [2.75, 3.05) is 38.3 Å². The topological polar surface area (TPSA) is 80.6 Å². The average molecular weight is 490 g/mol. The molecule has 1 aliphatic heterocycles. The lowest BCUT2D eigenvalue weighted by molar-refractivity contribution is 0.0730. The van der Waals surface area contributed by atoms with Gasteiger partial charge in [-0.3, -0.25) is 0 Å². The van der Waals surface area contributed by atoms with E-state index in [0.29, 0.717) is 38.7 Å². The van der Waals surface area contributed by atoms with Crippen LogP contribution in [-0.2, 0) is 21.3 Å². The fraction of sp³-hybridized carbons (Fsp3) is 0.231. The van der Waals surface area contributed by atoms with Crippen LogP contribution >= 0.6 is 0 Å². The van der Waals surface area contributed by atoms with Crippen molar-refractivity contribution in [1.82, 2.24) is 19.1 Å². The van der Waals surface area contributed by atoms with Crippen molar-refractivity contribution in [3.8, 4) is 16.9 Å². The van der Waals surface area contributed by atoms with Gasteiger partial charge in [0.1, 0.15) is 10.7 Å². The molecule has 1 aliphatic rings. The lowest BCUT2D eigenvalue weighted by Crippen LogP contribution is -2.40. The first-order chi connectivity index (χ1) is 17.0. The van der Waals surface area contributed by atoms with Gasteiger partial charge in [0.15, 0.2) is 0 Å². The Bertz CT molecular complexity index is 1370. The summed E-state index contributed by atoms with van der Waals surface area (Å²) in [6, 6.07) is 23.4. The van der Waals surface area contributed by atoms with Gasteiger partial charge in [0, 0.05) is 50.2 Å². The molecule has 0 N–H and O–H groups in total. The lowest BCUT2D eigenvalue weighted by Gasteiger charge is -2.26. The average Bonchev–Trinajstić information content (AvgIpc) is 3.34. The smallest absolute Gasteiger partial charge is 0.244 e. The largest absolute Gasteiger partial charge is 0.379 e. The van der Waals surface area contributed by atoms with Crippen molar-refractivity contribution in [2.24, 2.45) is 0 Å². The Kier molecular flexibility index (Phi) is 6.63. The van der Waals surface area contributed by atoms with Crippen LogP contribution in [0.15, 0.2) is 90.1 Å². The summed E-state index contributed by atoms with van der Waals surface area (Å²) in [4.78, 5) is 6.65. The molecule has 4 aromatic rings. The number of anilines is 1. The van der Waals surface area contributed by atoms with Crippen LogP contribution in [-0.4, -0.2) is 60.8 Å². The zero-order valence-corrected chi connectivity index (χ0v) is 20.3. The number of aromatic nitrogens is 3. The van der Waals surface area contributed by atoms with Crippen LogP contribution in [0.3, 0.4) is 0 Å². The van der Waals surface area contributed by atoms with Crippen LogP contribution in [0.25, 0.3) is 16.9 Å². The molecule has 2 aromatic heterocycles. The number of rotatable bonds is 7. The molecule has 0 amide bonds. The summed E-state index contributed by atoms with van der Waals surface area (Å²) in [5, 5.41) is 4.87. The van der Waals surface area contributed by atoms with Crippen LogP contribution in [0.1, 0.15) is 5.56 Å². The Morgan fingerprint density at radius 2 is 1.63 bits per heavy atom. The predicted molar refractivity (Wildman–Crippen MR) is 135 cm³/mol. The number of ether oxygens (including phenoxy) is 1. The summed E-state index contributed by atoms with van der Waals surface area (Å²) in [5.41, 5.74) is 3.95. The molecule has 1 saturated heterocycles. The molecule has 180 valence electrons. The minimum atomic E-state index is -3.57. The van der Waals surface area contributed by atoms with Crippen molar-refractivity contribution in [3.05, 3.63) is 90.8 Å². The minimum Gasteiger partial charge on any atom is -0.379 e. The molecule has 3 heterocycles. The maximum Gasteiger partial charge on any atom is 0.244 e. The monoisotopic (exact) mass is 489 g/mol. The molecule has 0 unspecified atom stereocenters. The van der Waals surface area contributed by atoms with Gasteiger partial charge in [0.25, 0.3) is 0 Å².